The van der Waals surface area contributed by atoms with E-state index in [1.807, 2.05) is 24.5 Å². The van der Waals surface area contributed by atoms with E-state index < -0.39 is 0 Å². The molecule has 0 N–H and O–H groups in total. The maximum Gasteiger partial charge on any atom is 0.0795 e. The average molecular weight is 277 g/mol. The summed E-state index contributed by atoms with van der Waals surface area (Å²) in [6.45, 7) is 2.20. The fourth-order valence-electron chi connectivity index (χ4n) is 2.45. The lowest BCUT2D eigenvalue weighted by atomic mass is 10.0. The summed E-state index contributed by atoms with van der Waals surface area (Å²) < 4.78 is 0. The monoisotopic (exact) mass is 277 g/mol. The van der Waals surface area contributed by atoms with Crippen molar-refractivity contribution in [2.45, 2.75) is 13.0 Å². The molecule has 0 spiro atoms. The van der Waals surface area contributed by atoms with Crippen molar-refractivity contribution in [1.29, 1.82) is 0 Å². The number of rotatable bonds is 3. The van der Waals surface area contributed by atoms with Crippen molar-refractivity contribution in [1.82, 2.24) is 14.9 Å². The maximum atomic E-state index is 4.54. The van der Waals surface area contributed by atoms with E-state index in [2.05, 4.69) is 66.2 Å². The summed E-state index contributed by atoms with van der Waals surface area (Å²) >= 11 is 0. The van der Waals surface area contributed by atoms with Crippen LogP contribution < -0.4 is 0 Å². The standard InChI is InChI=1S/C18H19N3/c1-13(21(2)3)14-6-8-15(9-7-14)18-16-5-4-11-19-17(16)10-12-20-18/h4-13H,1-3H3. The van der Waals surface area contributed by atoms with Gasteiger partial charge in [-0.1, -0.05) is 24.3 Å². The lowest BCUT2D eigenvalue weighted by Crippen LogP contribution is -2.16. The van der Waals surface area contributed by atoms with Gasteiger partial charge in [-0.2, -0.15) is 0 Å². The number of benzene rings is 1. The summed E-state index contributed by atoms with van der Waals surface area (Å²) in [6.07, 6.45) is 3.63. The highest BCUT2D eigenvalue weighted by atomic mass is 15.1. The van der Waals surface area contributed by atoms with Crippen LogP contribution in [0.5, 0.6) is 0 Å². The van der Waals surface area contributed by atoms with E-state index in [0.29, 0.717) is 6.04 Å². The van der Waals surface area contributed by atoms with E-state index in [9.17, 15) is 0 Å². The van der Waals surface area contributed by atoms with E-state index in [4.69, 9.17) is 0 Å². The number of fused-ring (bicyclic) bond motifs is 1. The predicted octanol–water partition coefficient (Wildman–Crippen LogP) is 3.92. The fraction of sp³-hybridized carbons (Fsp3) is 0.222. The molecule has 0 aliphatic carbocycles. The second-order valence-corrected chi connectivity index (χ2v) is 5.49. The molecule has 0 amide bonds. The van der Waals surface area contributed by atoms with Crippen LogP contribution in [0.1, 0.15) is 18.5 Å². The highest BCUT2D eigenvalue weighted by Crippen LogP contribution is 2.27. The van der Waals surface area contributed by atoms with E-state index in [1.54, 1.807) is 0 Å². The number of hydrogen-bond acceptors (Lipinski definition) is 3. The molecule has 1 aromatic carbocycles. The first-order valence-electron chi connectivity index (χ1n) is 7.13. The topological polar surface area (TPSA) is 29.0 Å². The number of pyridine rings is 2. The lowest BCUT2D eigenvalue weighted by molar-refractivity contribution is 0.321. The minimum absolute atomic E-state index is 0.404. The Labute approximate surface area is 125 Å². The van der Waals surface area contributed by atoms with E-state index in [1.165, 1.54) is 5.56 Å². The molecule has 0 saturated carbocycles. The molecule has 2 heterocycles. The Morgan fingerprint density at radius 1 is 0.905 bits per heavy atom. The summed E-state index contributed by atoms with van der Waals surface area (Å²) in [7, 11) is 4.19. The molecule has 1 atom stereocenters. The van der Waals surface area contributed by atoms with Crippen LogP contribution in [0, 0.1) is 0 Å². The maximum absolute atomic E-state index is 4.54. The molecule has 3 aromatic rings. The second-order valence-electron chi connectivity index (χ2n) is 5.49. The first-order chi connectivity index (χ1) is 10.2. The molecule has 2 aromatic heterocycles. The smallest absolute Gasteiger partial charge is 0.0795 e. The SMILES string of the molecule is CC(c1ccc(-c2nccc3ncccc23)cc1)N(C)C. The molecule has 0 aliphatic heterocycles. The van der Waals surface area contributed by atoms with Crippen molar-refractivity contribution in [3.63, 3.8) is 0 Å². The van der Waals surface area contributed by atoms with Gasteiger partial charge in [-0.25, -0.2) is 0 Å². The lowest BCUT2D eigenvalue weighted by Gasteiger charge is -2.20. The first-order valence-corrected chi connectivity index (χ1v) is 7.13. The molecule has 0 aliphatic rings. The van der Waals surface area contributed by atoms with E-state index in [0.717, 1.165) is 22.2 Å². The van der Waals surface area contributed by atoms with Crippen LogP contribution in [0.4, 0.5) is 0 Å². The van der Waals surface area contributed by atoms with Gasteiger partial charge in [0.25, 0.3) is 0 Å². The molecular formula is C18H19N3. The molecule has 3 heteroatoms. The average Bonchev–Trinajstić information content (AvgIpc) is 2.53. The van der Waals surface area contributed by atoms with E-state index >= 15 is 0 Å². The van der Waals surface area contributed by atoms with Gasteiger partial charge in [-0.05, 0) is 44.8 Å². The highest BCUT2D eigenvalue weighted by Gasteiger charge is 2.09. The van der Waals surface area contributed by atoms with Crippen molar-refractivity contribution in [3.8, 4) is 11.3 Å². The normalized spacial score (nSPS) is 12.8. The zero-order valence-corrected chi connectivity index (χ0v) is 12.6. The summed E-state index contributed by atoms with van der Waals surface area (Å²) in [5.41, 5.74) is 4.41. The molecule has 3 rings (SSSR count). The van der Waals surface area contributed by atoms with Gasteiger partial charge in [-0.15, -0.1) is 0 Å². The number of nitrogens with zero attached hydrogens (tertiary/aromatic N) is 3. The zero-order valence-electron chi connectivity index (χ0n) is 12.6. The summed E-state index contributed by atoms with van der Waals surface area (Å²) in [4.78, 5) is 11.1. The molecule has 0 fully saturated rings. The summed E-state index contributed by atoms with van der Waals surface area (Å²) in [5.74, 6) is 0. The van der Waals surface area contributed by atoms with Gasteiger partial charge in [0, 0.05) is 29.4 Å². The van der Waals surface area contributed by atoms with Crippen LogP contribution in [0.2, 0.25) is 0 Å². The van der Waals surface area contributed by atoms with Gasteiger partial charge in [0.05, 0.1) is 11.2 Å². The molecule has 1 unspecified atom stereocenters. The third-order valence-electron chi connectivity index (χ3n) is 3.97. The van der Waals surface area contributed by atoms with Gasteiger partial charge in [0.2, 0.25) is 0 Å². The van der Waals surface area contributed by atoms with Crippen molar-refractivity contribution in [2.75, 3.05) is 14.1 Å². The van der Waals surface area contributed by atoms with Crippen LogP contribution in [0.3, 0.4) is 0 Å². The molecule has 21 heavy (non-hydrogen) atoms. The summed E-state index contributed by atoms with van der Waals surface area (Å²) in [6, 6.07) is 15.0. The minimum Gasteiger partial charge on any atom is -0.303 e. The first kappa shape index (κ1) is 13.7. The van der Waals surface area contributed by atoms with Crippen molar-refractivity contribution in [3.05, 3.63) is 60.4 Å². The van der Waals surface area contributed by atoms with Crippen LogP contribution in [0.15, 0.2) is 54.9 Å². The quantitative estimate of drug-likeness (QED) is 0.726. The number of aromatic nitrogens is 2. The molecule has 106 valence electrons. The Hall–Kier alpha value is -2.26. The van der Waals surface area contributed by atoms with Gasteiger partial charge in [-0.3, -0.25) is 9.97 Å². The van der Waals surface area contributed by atoms with E-state index in [-0.39, 0.29) is 0 Å². The second kappa shape index (κ2) is 5.62. The van der Waals surface area contributed by atoms with Crippen LogP contribution >= 0.6 is 0 Å². The molecule has 0 bridgehead atoms. The van der Waals surface area contributed by atoms with Crippen LogP contribution in [-0.2, 0) is 0 Å². The van der Waals surface area contributed by atoms with Gasteiger partial charge >= 0.3 is 0 Å². The number of hydrogen-bond donors (Lipinski definition) is 0. The Bertz CT molecular complexity index is 743. The summed E-state index contributed by atoms with van der Waals surface area (Å²) in [5, 5.41) is 1.09. The highest BCUT2D eigenvalue weighted by molar-refractivity contribution is 5.91. The third kappa shape index (κ3) is 2.65. The molecule has 3 nitrogen and oxygen atoms in total. The van der Waals surface area contributed by atoms with Crippen molar-refractivity contribution in [2.24, 2.45) is 0 Å². The van der Waals surface area contributed by atoms with Crippen LogP contribution in [-0.4, -0.2) is 29.0 Å². The van der Waals surface area contributed by atoms with Gasteiger partial charge < -0.3 is 4.90 Å². The molecule has 0 saturated heterocycles. The Kier molecular flexibility index (Phi) is 3.67. The largest absolute Gasteiger partial charge is 0.303 e. The Morgan fingerprint density at radius 2 is 1.67 bits per heavy atom. The Morgan fingerprint density at radius 3 is 2.38 bits per heavy atom. The fourth-order valence-corrected chi connectivity index (χ4v) is 2.45. The molecule has 0 radical (unpaired) electrons. The molecular weight excluding hydrogens is 258 g/mol. The van der Waals surface area contributed by atoms with Crippen molar-refractivity contribution >= 4 is 10.9 Å². The van der Waals surface area contributed by atoms with Gasteiger partial charge in [0.15, 0.2) is 0 Å². The Balaban J connectivity index is 2.04. The minimum atomic E-state index is 0.404. The van der Waals surface area contributed by atoms with Gasteiger partial charge in [0.1, 0.15) is 0 Å². The third-order valence-corrected chi connectivity index (χ3v) is 3.97. The van der Waals surface area contributed by atoms with Crippen LogP contribution in [0.25, 0.3) is 22.2 Å². The van der Waals surface area contributed by atoms with Crippen molar-refractivity contribution < 1.29 is 0 Å². The zero-order chi connectivity index (χ0) is 14.8. The predicted molar refractivity (Wildman–Crippen MR) is 87.1 cm³/mol.